The van der Waals surface area contributed by atoms with Gasteiger partial charge in [0.15, 0.2) is 0 Å². The van der Waals surface area contributed by atoms with Crippen LogP contribution in [0.3, 0.4) is 0 Å². The molecule has 1 N–H and O–H groups in total. The van der Waals surface area contributed by atoms with Crippen LogP contribution < -0.4 is 5.32 Å². The van der Waals surface area contributed by atoms with Crippen molar-refractivity contribution in [3.8, 4) is 0 Å². The number of ether oxygens (including phenoxy) is 1. The van der Waals surface area contributed by atoms with E-state index < -0.39 is 0 Å². The molecule has 0 bridgehead atoms. The van der Waals surface area contributed by atoms with Crippen molar-refractivity contribution in [2.45, 2.75) is 64.6 Å². The molecule has 0 saturated carbocycles. The zero-order valence-electron chi connectivity index (χ0n) is 12.3. The maximum atomic E-state index is 5.60. The van der Waals surface area contributed by atoms with E-state index in [1.54, 1.807) is 0 Å². The van der Waals surface area contributed by atoms with Gasteiger partial charge in [-0.1, -0.05) is 33.6 Å². The van der Waals surface area contributed by atoms with Crippen LogP contribution >= 0.6 is 0 Å². The summed E-state index contributed by atoms with van der Waals surface area (Å²) in [7, 11) is 0. The predicted octanol–water partition coefficient (Wildman–Crippen LogP) is 2.26. The Morgan fingerprint density at radius 3 is 2.83 bits per heavy atom. The number of nitrogens with one attached hydrogen (secondary N) is 1. The number of rotatable bonds is 5. The first-order chi connectivity index (χ1) is 8.76. The van der Waals surface area contributed by atoms with E-state index in [0.29, 0.717) is 12.1 Å². The molecule has 0 spiro atoms. The summed E-state index contributed by atoms with van der Waals surface area (Å²) < 4.78 is 5.60. The van der Waals surface area contributed by atoms with E-state index >= 15 is 0 Å². The fourth-order valence-corrected chi connectivity index (χ4v) is 3.34. The fourth-order valence-electron chi connectivity index (χ4n) is 3.34. The summed E-state index contributed by atoms with van der Waals surface area (Å²) in [6.45, 7) is 11.3. The van der Waals surface area contributed by atoms with Gasteiger partial charge in [0, 0.05) is 37.8 Å². The van der Waals surface area contributed by atoms with Crippen molar-refractivity contribution in [2.24, 2.45) is 5.92 Å². The van der Waals surface area contributed by atoms with Crippen molar-refractivity contribution in [1.82, 2.24) is 10.2 Å². The van der Waals surface area contributed by atoms with Crippen LogP contribution in [-0.2, 0) is 4.74 Å². The van der Waals surface area contributed by atoms with Crippen LogP contribution in [0, 0.1) is 5.92 Å². The summed E-state index contributed by atoms with van der Waals surface area (Å²) in [4.78, 5) is 2.75. The van der Waals surface area contributed by atoms with Crippen molar-refractivity contribution in [1.29, 1.82) is 0 Å². The van der Waals surface area contributed by atoms with Gasteiger partial charge in [-0.3, -0.25) is 4.90 Å². The Labute approximate surface area is 112 Å². The van der Waals surface area contributed by atoms with Crippen molar-refractivity contribution < 1.29 is 4.74 Å². The maximum absolute atomic E-state index is 5.60. The average molecular weight is 254 g/mol. The minimum Gasteiger partial charge on any atom is -0.380 e. The summed E-state index contributed by atoms with van der Waals surface area (Å²) in [5, 5.41) is 3.78. The Balaban J connectivity index is 1.98. The topological polar surface area (TPSA) is 24.5 Å². The first kappa shape index (κ1) is 14.3. The minimum absolute atomic E-state index is 0.670. The molecule has 2 aliphatic heterocycles. The van der Waals surface area contributed by atoms with Gasteiger partial charge in [0.2, 0.25) is 0 Å². The van der Waals surface area contributed by atoms with E-state index in [4.69, 9.17) is 4.74 Å². The second-order valence-electron chi connectivity index (χ2n) is 6.06. The Hall–Kier alpha value is -0.120. The zero-order valence-corrected chi connectivity index (χ0v) is 12.3. The molecule has 0 aliphatic carbocycles. The third kappa shape index (κ3) is 3.25. The lowest BCUT2D eigenvalue weighted by Crippen LogP contribution is -2.61. The molecule has 0 aromatic rings. The summed E-state index contributed by atoms with van der Waals surface area (Å²) in [5.74, 6) is 0.775. The molecule has 3 nitrogen and oxygen atoms in total. The number of hydrogen-bond acceptors (Lipinski definition) is 3. The van der Waals surface area contributed by atoms with Gasteiger partial charge in [0.1, 0.15) is 0 Å². The van der Waals surface area contributed by atoms with Gasteiger partial charge in [0.25, 0.3) is 0 Å². The van der Waals surface area contributed by atoms with Gasteiger partial charge >= 0.3 is 0 Å². The molecule has 106 valence electrons. The van der Waals surface area contributed by atoms with Crippen LogP contribution in [-0.4, -0.2) is 49.3 Å². The SMILES string of the molecule is CCCC1CNC(C(C)CC)CN1C1CCOC1. The van der Waals surface area contributed by atoms with Gasteiger partial charge in [-0.15, -0.1) is 0 Å². The summed E-state index contributed by atoms with van der Waals surface area (Å²) in [6.07, 6.45) is 5.10. The standard InChI is InChI=1S/C15H30N2O/c1-4-6-13-9-16-15(12(3)5-2)10-17(13)14-7-8-18-11-14/h12-16H,4-11H2,1-3H3. The smallest absolute Gasteiger partial charge is 0.0622 e. The third-order valence-corrected chi connectivity index (χ3v) is 4.82. The first-order valence-electron chi connectivity index (χ1n) is 7.83. The maximum Gasteiger partial charge on any atom is 0.0622 e. The Morgan fingerprint density at radius 2 is 2.22 bits per heavy atom. The first-order valence-corrected chi connectivity index (χ1v) is 7.83. The lowest BCUT2D eigenvalue weighted by molar-refractivity contribution is 0.0534. The van der Waals surface area contributed by atoms with Crippen molar-refractivity contribution in [3.05, 3.63) is 0 Å². The van der Waals surface area contributed by atoms with E-state index in [0.717, 1.165) is 25.2 Å². The molecule has 0 radical (unpaired) electrons. The number of piperazine rings is 1. The zero-order chi connectivity index (χ0) is 13.0. The quantitative estimate of drug-likeness (QED) is 0.814. The van der Waals surface area contributed by atoms with E-state index in [1.165, 1.54) is 38.8 Å². The number of hydrogen-bond donors (Lipinski definition) is 1. The van der Waals surface area contributed by atoms with Gasteiger partial charge in [-0.2, -0.15) is 0 Å². The fraction of sp³-hybridized carbons (Fsp3) is 1.00. The molecule has 2 fully saturated rings. The predicted molar refractivity (Wildman–Crippen MR) is 75.9 cm³/mol. The van der Waals surface area contributed by atoms with Crippen LogP contribution in [0.25, 0.3) is 0 Å². The highest BCUT2D eigenvalue weighted by Crippen LogP contribution is 2.23. The molecular weight excluding hydrogens is 224 g/mol. The van der Waals surface area contributed by atoms with Gasteiger partial charge in [0.05, 0.1) is 6.61 Å². The summed E-state index contributed by atoms with van der Waals surface area (Å²) >= 11 is 0. The van der Waals surface area contributed by atoms with Gasteiger partial charge in [-0.05, 0) is 18.8 Å². The normalized spacial score (nSPS) is 35.8. The Kier molecular flexibility index (Phi) is 5.46. The van der Waals surface area contributed by atoms with Gasteiger partial charge in [-0.25, -0.2) is 0 Å². The monoisotopic (exact) mass is 254 g/mol. The van der Waals surface area contributed by atoms with Crippen LogP contribution in [0.5, 0.6) is 0 Å². The molecule has 2 rings (SSSR count). The lowest BCUT2D eigenvalue weighted by atomic mass is 9.93. The van der Waals surface area contributed by atoms with Gasteiger partial charge < -0.3 is 10.1 Å². The van der Waals surface area contributed by atoms with Crippen LogP contribution in [0.15, 0.2) is 0 Å². The Bertz CT molecular complexity index is 241. The van der Waals surface area contributed by atoms with E-state index in [2.05, 4.69) is 31.0 Å². The molecule has 0 aromatic carbocycles. The van der Waals surface area contributed by atoms with Crippen molar-refractivity contribution >= 4 is 0 Å². The van der Waals surface area contributed by atoms with Crippen LogP contribution in [0.2, 0.25) is 0 Å². The van der Waals surface area contributed by atoms with Crippen LogP contribution in [0.4, 0.5) is 0 Å². The molecule has 4 unspecified atom stereocenters. The molecule has 0 amide bonds. The second kappa shape index (κ2) is 6.88. The van der Waals surface area contributed by atoms with E-state index in [9.17, 15) is 0 Å². The average Bonchev–Trinajstić information content (AvgIpc) is 2.92. The molecule has 2 saturated heterocycles. The van der Waals surface area contributed by atoms with Crippen molar-refractivity contribution in [2.75, 3.05) is 26.3 Å². The summed E-state index contributed by atoms with van der Waals surface area (Å²) in [5.41, 5.74) is 0. The lowest BCUT2D eigenvalue weighted by Gasteiger charge is -2.45. The second-order valence-corrected chi connectivity index (χ2v) is 6.06. The van der Waals surface area contributed by atoms with Crippen LogP contribution in [0.1, 0.15) is 46.5 Å². The summed E-state index contributed by atoms with van der Waals surface area (Å²) in [6, 6.07) is 2.07. The molecule has 3 heteroatoms. The largest absolute Gasteiger partial charge is 0.380 e. The highest BCUT2D eigenvalue weighted by atomic mass is 16.5. The van der Waals surface area contributed by atoms with E-state index in [-0.39, 0.29) is 0 Å². The minimum atomic E-state index is 0.670. The molecule has 18 heavy (non-hydrogen) atoms. The molecule has 2 heterocycles. The molecule has 4 atom stereocenters. The highest BCUT2D eigenvalue weighted by molar-refractivity contribution is 4.92. The number of nitrogens with zero attached hydrogens (tertiary/aromatic N) is 1. The third-order valence-electron chi connectivity index (χ3n) is 4.82. The van der Waals surface area contributed by atoms with E-state index in [1.807, 2.05) is 0 Å². The molecule has 0 aromatic heterocycles. The Morgan fingerprint density at radius 1 is 1.39 bits per heavy atom. The highest BCUT2D eigenvalue weighted by Gasteiger charge is 2.35. The molecule has 2 aliphatic rings. The van der Waals surface area contributed by atoms with Crippen molar-refractivity contribution in [3.63, 3.8) is 0 Å². The molecular formula is C15H30N2O.